The van der Waals surface area contributed by atoms with Crippen LogP contribution in [0.3, 0.4) is 0 Å². The molecule has 36 heavy (non-hydrogen) atoms. The maximum atomic E-state index is 10.6. The molecule has 3 fully saturated rings. The van der Waals surface area contributed by atoms with Gasteiger partial charge in [0, 0.05) is 43.5 Å². The van der Waals surface area contributed by atoms with Crippen molar-refractivity contribution in [2.75, 3.05) is 52.5 Å². The Morgan fingerprint density at radius 2 is 1.58 bits per heavy atom. The topological polar surface area (TPSA) is 99.5 Å². The van der Waals surface area contributed by atoms with Gasteiger partial charge in [-0.15, -0.1) is 11.3 Å². The number of morpholine rings is 1. The largest absolute Gasteiger partial charge is 0.490 e. The molecule has 0 aromatic carbocycles. The van der Waals surface area contributed by atoms with E-state index in [1.807, 2.05) is 11.3 Å². The molecule has 0 bridgehead atoms. The molecule has 8 nitrogen and oxygen atoms in total. The second-order valence-electron chi connectivity index (χ2n) is 8.42. The van der Waals surface area contributed by atoms with E-state index in [0.29, 0.717) is 6.10 Å². The fourth-order valence-corrected chi connectivity index (χ4v) is 4.84. The van der Waals surface area contributed by atoms with E-state index in [2.05, 4.69) is 27.3 Å². The zero-order valence-corrected chi connectivity index (χ0v) is 19.9. The lowest BCUT2D eigenvalue weighted by Gasteiger charge is -2.37. The molecule has 206 valence electrons. The molecule has 3 saturated heterocycles. The van der Waals surface area contributed by atoms with Crippen molar-refractivity contribution in [2.24, 2.45) is 11.8 Å². The Bertz CT molecular complexity index is 793. The van der Waals surface area contributed by atoms with E-state index >= 15 is 0 Å². The van der Waals surface area contributed by atoms with E-state index < -0.39 is 24.3 Å². The van der Waals surface area contributed by atoms with Gasteiger partial charge in [0.1, 0.15) is 0 Å². The predicted octanol–water partition coefficient (Wildman–Crippen LogP) is 3.18. The number of alkyl halides is 6. The number of thiophene rings is 1. The van der Waals surface area contributed by atoms with Crippen molar-refractivity contribution >= 4 is 23.3 Å². The summed E-state index contributed by atoms with van der Waals surface area (Å²) >= 11 is 1.88. The Morgan fingerprint density at radius 1 is 1.00 bits per heavy atom. The van der Waals surface area contributed by atoms with Gasteiger partial charge in [-0.3, -0.25) is 9.80 Å². The predicted molar refractivity (Wildman–Crippen MR) is 116 cm³/mol. The summed E-state index contributed by atoms with van der Waals surface area (Å²) in [7, 11) is 0. The van der Waals surface area contributed by atoms with Gasteiger partial charge in [0.05, 0.1) is 25.9 Å². The summed E-state index contributed by atoms with van der Waals surface area (Å²) in [5, 5.41) is 16.4. The number of halogens is 6. The van der Waals surface area contributed by atoms with Crippen LogP contribution in [0.4, 0.5) is 26.3 Å². The molecule has 0 amide bonds. The molecule has 3 aliphatic heterocycles. The first-order valence-corrected chi connectivity index (χ1v) is 11.9. The highest BCUT2D eigenvalue weighted by atomic mass is 32.1. The Balaban J connectivity index is 0.000000271. The van der Waals surface area contributed by atoms with Crippen LogP contribution in [-0.4, -0.2) is 103 Å². The van der Waals surface area contributed by atoms with Crippen LogP contribution in [0.1, 0.15) is 11.3 Å². The summed E-state index contributed by atoms with van der Waals surface area (Å²) < 4.78 is 75.1. The molecular weight excluding hydrogens is 522 g/mol. The van der Waals surface area contributed by atoms with Crippen LogP contribution in [-0.2, 0) is 25.6 Å². The zero-order valence-electron chi connectivity index (χ0n) is 19.1. The van der Waals surface area contributed by atoms with E-state index in [0.717, 1.165) is 57.8 Å². The standard InChI is InChI=1S/C17H26N2O2S.2C2HF3O2/c1-2-15(22-9-1)10-19-4-3-14-13-21-17(16(14)11-19)12-18-5-7-20-8-6-18;2*3-2(4,5)1(6)7/h1-2,9,14,16-17H,3-8,10-13H2;2*(H,6,7)/t14-,16-,17+;;/m0../s1. The molecule has 4 heterocycles. The molecule has 2 N–H and O–H groups in total. The Hall–Kier alpha value is -1.94. The molecule has 15 heteroatoms. The average molecular weight is 551 g/mol. The number of ether oxygens (including phenoxy) is 2. The number of rotatable bonds is 4. The zero-order chi connectivity index (χ0) is 26.9. The number of carboxylic acid groups (broad SMARTS) is 2. The van der Waals surface area contributed by atoms with Crippen molar-refractivity contribution in [1.82, 2.24) is 9.80 Å². The third-order valence-corrected chi connectivity index (χ3v) is 6.74. The van der Waals surface area contributed by atoms with Gasteiger partial charge in [-0.2, -0.15) is 26.3 Å². The van der Waals surface area contributed by atoms with E-state index in [-0.39, 0.29) is 0 Å². The monoisotopic (exact) mass is 550 g/mol. The number of aliphatic carboxylic acids is 2. The molecular formula is C21H28F6N2O6S. The number of likely N-dealkylation sites (tertiary alicyclic amines) is 1. The van der Waals surface area contributed by atoms with Gasteiger partial charge >= 0.3 is 24.3 Å². The first-order valence-electron chi connectivity index (χ1n) is 11.0. The smallest absolute Gasteiger partial charge is 0.475 e. The first-order chi connectivity index (χ1) is 16.8. The Kier molecular flexibility index (Phi) is 11.4. The summed E-state index contributed by atoms with van der Waals surface area (Å²) in [5.74, 6) is -4.01. The molecule has 0 spiro atoms. The van der Waals surface area contributed by atoms with Gasteiger partial charge in [0.15, 0.2) is 0 Å². The molecule has 1 aromatic rings. The van der Waals surface area contributed by atoms with Crippen LogP contribution >= 0.6 is 11.3 Å². The molecule has 4 rings (SSSR count). The quantitative estimate of drug-likeness (QED) is 0.552. The normalized spacial score (nSPS) is 25.1. The highest BCUT2D eigenvalue weighted by molar-refractivity contribution is 7.09. The average Bonchev–Trinajstić information content (AvgIpc) is 3.44. The van der Waals surface area contributed by atoms with Crippen molar-refractivity contribution in [2.45, 2.75) is 31.4 Å². The number of carbonyl (C=O) groups is 2. The van der Waals surface area contributed by atoms with E-state index in [1.54, 1.807) is 0 Å². The van der Waals surface area contributed by atoms with Crippen LogP contribution in [0.25, 0.3) is 0 Å². The summed E-state index contributed by atoms with van der Waals surface area (Å²) in [6, 6.07) is 4.42. The molecule has 3 aliphatic rings. The number of hydrogen-bond donors (Lipinski definition) is 2. The van der Waals surface area contributed by atoms with Crippen LogP contribution in [0.5, 0.6) is 0 Å². The van der Waals surface area contributed by atoms with Crippen molar-refractivity contribution in [3.63, 3.8) is 0 Å². The lowest BCUT2D eigenvalue weighted by Crippen LogP contribution is -2.47. The second-order valence-corrected chi connectivity index (χ2v) is 9.45. The third-order valence-electron chi connectivity index (χ3n) is 5.88. The highest BCUT2D eigenvalue weighted by Crippen LogP contribution is 2.35. The lowest BCUT2D eigenvalue weighted by molar-refractivity contribution is -0.193. The van der Waals surface area contributed by atoms with Gasteiger partial charge in [-0.25, -0.2) is 9.59 Å². The molecule has 3 atom stereocenters. The van der Waals surface area contributed by atoms with E-state index in [1.165, 1.54) is 24.4 Å². The lowest BCUT2D eigenvalue weighted by atomic mass is 9.84. The summed E-state index contributed by atoms with van der Waals surface area (Å²) in [6.45, 7) is 9.52. The van der Waals surface area contributed by atoms with Crippen molar-refractivity contribution in [3.8, 4) is 0 Å². The van der Waals surface area contributed by atoms with Gasteiger partial charge in [-0.05, 0) is 30.3 Å². The highest BCUT2D eigenvalue weighted by Gasteiger charge is 2.41. The van der Waals surface area contributed by atoms with Gasteiger partial charge < -0.3 is 19.7 Å². The fourth-order valence-electron chi connectivity index (χ4n) is 4.09. The molecule has 0 radical (unpaired) electrons. The maximum absolute atomic E-state index is 10.6. The Labute approximate surface area is 207 Å². The number of nitrogens with zero attached hydrogens (tertiary/aromatic N) is 2. The summed E-state index contributed by atoms with van der Waals surface area (Å²) in [4.78, 5) is 24.4. The minimum Gasteiger partial charge on any atom is -0.475 e. The number of fused-ring (bicyclic) bond motifs is 1. The summed E-state index contributed by atoms with van der Waals surface area (Å²) in [6.07, 6.45) is -8.44. The second kappa shape index (κ2) is 13.6. The number of piperidine rings is 1. The summed E-state index contributed by atoms with van der Waals surface area (Å²) in [5.41, 5.74) is 0. The Morgan fingerprint density at radius 3 is 2.08 bits per heavy atom. The number of hydrogen-bond acceptors (Lipinski definition) is 7. The van der Waals surface area contributed by atoms with Crippen molar-refractivity contribution < 1.29 is 55.6 Å². The SMILES string of the molecule is O=C(O)C(F)(F)F.O=C(O)C(F)(F)F.c1csc(CN2CC[C@H]3CO[C@H](CN4CCOCC4)[C@H]3C2)c1. The minimum absolute atomic E-state index is 0.425. The van der Waals surface area contributed by atoms with Gasteiger partial charge in [0.2, 0.25) is 0 Å². The van der Waals surface area contributed by atoms with E-state index in [4.69, 9.17) is 29.3 Å². The first kappa shape index (κ1) is 30.3. The van der Waals surface area contributed by atoms with E-state index in [9.17, 15) is 26.3 Å². The van der Waals surface area contributed by atoms with Gasteiger partial charge in [0.25, 0.3) is 0 Å². The molecule has 0 aliphatic carbocycles. The maximum Gasteiger partial charge on any atom is 0.490 e. The van der Waals surface area contributed by atoms with Crippen molar-refractivity contribution in [3.05, 3.63) is 22.4 Å². The number of carboxylic acids is 2. The third kappa shape index (κ3) is 10.2. The molecule has 0 saturated carbocycles. The fraction of sp³-hybridized carbons (Fsp3) is 0.714. The minimum atomic E-state index is -5.08. The van der Waals surface area contributed by atoms with Crippen LogP contribution in [0.2, 0.25) is 0 Å². The molecule has 1 aromatic heterocycles. The molecule has 0 unspecified atom stereocenters. The van der Waals surface area contributed by atoms with Crippen LogP contribution in [0, 0.1) is 11.8 Å². The van der Waals surface area contributed by atoms with Crippen molar-refractivity contribution in [1.29, 1.82) is 0 Å². The van der Waals surface area contributed by atoms with Gasteiger partial charge in [-0.1, -0.05) is 6.07 Å². The van der Waals surface area contributed by atoms with Crippen LogP contribution in [0.15, 0.2) is 17.5 Å². The van der Waals surface area contributed by atoms with Crippen LogP contribution < -0.4 is 0 Å².